The Bertz CT molecular complexity index is 902. The standard InChI is InChI=1S/C20H27N5S/c1-13(2)11-16-12-26-20-18(16)19(22-14(3)23-20)25-9-6-15(7-10-25)17-5-8-21-24(17)4/h5,8,12-13,15H,6-7,9-11H2,1-4H3. The molecule has 0 bridgehead atoms. The summed E-state index contributed by atoms with van der Waals surface area (Å²) >= 11 is 1.76. The number of nitrogens with zero attached hydrogens (tertiary/aromatic N) is 5. The highest BCUT2D eigenvalue weighted by molar-refractivity contribution is 7.17. The van der Waals surface area contributed by atoms with Crippen LogP contribution in [0.3, 0.4) is 0 Å². The van der Waals surface area contributed by atoms with Crippen molar-refractivity contribution >= 4 is 27.4 Å². The van der Waals surface area contributed by atoms with Gasteiger partial charge < -0.3 is 4.90 Å². The van der Waals surface area contributed by atoms with E-state index in [0.29, 0.717) is 11.8 Å². The van der Waals surface area contributed by atoms with E-state index >= 15 is 0 Å². The molecule has 0 aliphatic carbocycles. The van der Waals surface area contributed by atoms with E-state index in [0.717, 1.165) is 48.8 Å². The van der Waals surface area contributed by atoms with Crippen LogP contribution in [0.15, 0.2) is 17.6 Å². The lowest BCUT2D eigenvalue weighted by Crippen LogP contribution is -2.34. The number of piperidine rings is 1. The lowest BCUT2D eigenvalue weighted by Gasteiger charge is -2.33. The van der Waals surface area contributed by atoms with Crippen LogP contribution < -0.4 is 4.90 Å². The molecule has 1 aliphatic rings. The summed E-state index contributed by atoms with van der Waals surface area (Å²) in [4.78, 5) is 13.2. The second-order valence-electron chi connectivity index (χ2n) is 7.77. The van der Waals surface area contributed by atoms with Crippen LogP contribution in [0.2, 0.25) is 0 Å². The maximum atomic E-state index is 4.87. The minimum Gasteiger partial charge on any atom is -0.356 e. The molecule has 1 fully saturated rings. The van der Waals surface area contributed by atoms with Gasteiger partial charge >= 0.3 is 0 Å². The molecule has 4 heterocycles. The molecular weight excluding hydrogens is 342 g/mol. The lowest BCUT2D eigenvalue weighted by molar-refractivity contribution is 0.476. The highest BCUT2D eigenvalue weighted by Crippen LogP contribution is 2.36. The highest BCUT2D eigenvalue weighted by Gasteiger charge is 2.26. The first-order valence-electron chi connectivity index (χ1n) is 9.50. The van der Waals surface area contributed by atoms with Gasteiger partial charge in [-0.25, -0.2) is 9.97 Å². The highest BCUT2D eigenvalue weighted by atomic mass is 32.1. The van der Waals surface area contributed by atoms with Crippen molar-refractivity contribution in [1.82, 2.24) is 19.7 Å². The van der Waals surface area contributed by atoms with Crippen molar-refractivity contribution < 1.29 is 0 Å². The van der Waals surface area contributed by atoms with Crippen molar-refractivity contribution in [2.24, 2.45) is 13.0 Å². The van der Waals surface area contributed by atoms with Gasteiger partial charge in [-0.15, -0.1) is 11.3 Å². The summed E-state index contributed by atoms with van der Waals surface area (Å²) in [6, 6.07) is 2.16. The van der Waals surface area contributed by atoms with E-state index in [-0.39, 0.29) is 0 Å². The quantitative estimate of drug-likeness (QED) is 0.687. The van der Waals surface area contributed by atoms with Gasteiger partial charge in [-0.3, -0.25) is 4.68 Å². The van der Waals surface area contributed by atoms with Gasteiger partial charge in [-0.05, 0) is 49.1 Å². The molecule has 26 heavy (non-hydrogen) atoms. The number of hydrogen-bond donors (Lipinski definition) is 0. The Morgan fingerprint density at radius 3 is 2.65 bits per heavy atom. The minimum absolute atomic E-state index is 0.592. The first-order chi connectivity index (χ1) is 12.5. The average molecular weight is 370 g/mol. The van der Waals surface area contributed by atoms with E-state index in [9.17, 15) is 0 Å². The third kappa shape index (κ3) is 3.22. The van der Waals surface area contributed by atoms with Crippen LogP contribution in [0.1, 0.15) is 49.7 Å². The predicted octanol–water partition coefficient (Wildman–Crippen LogP) is 4.32. The molecule has 3 aromatic rings. The number of thiophene rings is 1. The van der Waals surface area contributed by atoms with Crippen molar-refractivity contribution in [2.75, 3.05) is 18.0 Å². The van der Waals surface area contributed by atoms with Gasteiger partial charge in [0.1, 0.15) is 16.5 Å². The van der Waals surface area contributed by atoms with Crippen LogP contribution in [0, 0.1) is 12.8 Å². The molecule has 138 valence electrons. The molecule has 1 aliphatic heterocycles. The number of hydrogen-bond acceptors (Lipinski definition) is 5. The van der Waals surface area contributed by atoms with Gasteiger partial charge in [0.15, 0.2) is 0 Å². The summed E-state index contributed by atoms with van der Waals surface area (Å²) < 4.78 is 2.02. The molecule has 0 amide bonds. The molecule has 0 N–H and O–H groups in total. The van der Waals surface area contributed by atoms with Crippen molar-refractivity contribution in [1.29, 1.82) is 0 Å². The van der Waals surface area contributed by atoms with Gasteiger partial charge in [-0.1, -0.05) is 13.8 Å². The third-order valence-electron chi connectivity index (χ3n) is 5.30. The van der Waals surface area contributed by atoms with Crippen molar-refractivity contribution in [3.63, 3.8) is 0 Å². The average Bonchev–Trinajstić information content (AvgIpc) is 3.20. The van der Waals surface area contributed by atoms with Gasteiger partial charge in [-0.2, -0.15) is 5.10 Å². The maximum Gasteiger partial charge on any atom is 0.141 e. The zero-order chi connectivity index (χ0) is 18.3. The third-order valence-corrected chi connectivity index (χ3v) is 6.22. The van der Waals surface area contributed by atoms with Crippen molar-refractivity contribution in [2.45, 2.75) is 46.0 Å². The van der Waals surface area contributed by atoms with E-state index in [1.54, 1.807) is 11.3 Å². The molecule has 6 heteroatoms. The number of aromatic nitrogens is 4. The van der Waals surface area contributed by atoms with Gasteiger partial charge in [0, 0.05) is 37.9 Å². The number of fused-ring (bicyclic) bond motifs is 1. The fourth-order valence-corrected chi connectivity index (χ4v) is 5.07. The molecule has 4 rings (SSSR count). The number of rotatable bonds is 4. The Kier molecular flexibility index (Phi) is 4.69. The van der Waals surface area contributed by atoms with Crippen LogP contribution in [-0.2, 0) is 13.5 Å². The van der Waals surface area contributed by atoms with Crippen molar-refractivity contribution in [3.8, 4) is 0 Å². The van der Waals surface area contributed by atoms with E-state index in [1.165, 1.54) is 16.6 Å². The molecule has 5 nitrogen and oxygen atoms in total. The van der Waals surface area contributed by atoms with Crippen molar-refractivity contribution in [3.05, 3.63) is 34.7 Å². The Balaban J connectivity index is 1.62. The Hall–Kier alpha value is -1.95. The molecule has 0 aromatic carbocycles. The summed E-state index contributed by atoms with van der Waals surface area (Å²) in [7, 11) is 2.04. The summed E-state index contributed by atoms with van der Waals surface area (Å²) in [6.45, 7) is 8.64. The second-order valence-corrected chi connectivity index (χ2v) is 8.63. The SMILES string of the molecule is Cc1nc(N2CCC(c3ccnn3C)CC2)c2c(CC(C)C)csc2n1. The predicted molar refractivity (Wildman–Crippen MR) is 108 cm³/mol. The first-order valence-corrected chi connectivity index (χ1v) is 10.4. The van der Waals surface area contributed by atoms with Gasteiger partial charge in [0.25, 0.3) is 0 Å². The van der Waals surface area contributed by atoms with E-state index in [1.807, 2.05) is 24.9 Å². The largest absolute Gasteiger partial charge is 0.356 e. The monoisotopic (exact) mass is 369 g/mol. The Labute approximate surface area is 159 Å². The van der Waals surface area contributed by atoms with Crippen LogP contribution in [0.4, 0.5) is 5.82 Å². The summed E-state index contributed by atoms with van der Waals surface area (Å²) in [5.41, 5.74) is 2.76. The summed E-state index contributed by atoms with van der Waals surface area (Å²) in [6.07, 6.45) is 5.29. The lowest BCUT2D eigenvalue weighted by atomic mass is 9.93. The molecular formula is C20H27N5S. The minimum atomic E-state index is 0.592. The van der Waals surface area contributed by atoms with Gasteiger partial charge in [0.2, 0.25) is 0 Å². The molecule has 0 spiro atoms. The topological polar surface area (TPSA) is 46.8 Å². The Morgan fingerprint density at radius 1 is 1.23 bits per heavy atom. The Morgan fingerprint density at radius 2 is 2.00 bits per heavy atom. The fourth-order valence-electron chi connectivity index (χ4n) is 4.08. The first kappa shape index (κ1) is 17.5. The maximum absolute atomic E-state index is 4.87. The molecule has 0 unspecified atom stereocenters. The van der Waals surface area contributed by atoms with E-state index in [2.05, 4.69) is 35.3 Å². The van der Waals surface area contributed by atoms with Crippen LogP contribution in [0.25, 0.3) is 10.2 Å². The molecule has 3 aromatic heterocycles. The number of aryl methyl sites for hydroxylation is 2. The van der Waals surface area contributed by atoms with E-state index in [4.69, 9.17) is 9.97 Å². The second kappa shape index (κ2) is 6.99. The zero-order valence-electron chi connectivity index (χ0n) is 16.1. The van der Waals surface area contributed by atoms with E-state index < -0.39 is 0 Å². The fraction of sp³-hybridized carbons (Fsp3) is 0.550. The molecule has 0 atom stereocenters. The summed E-state index contributed by atoms with van der Waals surface area (Å²) in [5, 5.41) is 7.91. The van der Waals surface area contributed by atoms with Crippen LogP contribution >= 0.6 is 11.3 Å². The smallest absolute Gasteiger partial charge is 0.141 e. The molecule has 1 saturated heterocycles. The zero-order valence-corrected chi connectivity index (χ0v) is 16.9. The molecule has 0 radical (unpaired) electrons. The normalized spacial score (nSPS) is 16.1. The van der Waals surface area contributed by atoms with Crippen LogP contribution in [0.5, 0.6) is 0 Å². The van der Waals surface area contributed by atoms with Crippen LogP contribution in [-0.4, -0.2) is 32.8 Å². The summed E-state index contributed by atoms with van der Waals surface area (Å²) in [5.74, 6) is 3.25. The molecule has 0 saturated carbocycles. The number of anilines is 1. The van der Waals surface area contributed by atoms with Gasteiger partial charge in [0.05, 0.1) is 5.39 Å².